The molecule has 0 unspecified atom stereocenters. The number of carboxylic acids is 1. The number of hydrogen-bond donors (Lipinski definition) is 1. The topological polar surface area (TPSA) is 49.8 Å². The molecule has 0 bridgehead atoms. The summed E-state index contributed by atoms with van der Waals surface area (Å²) < 4.78 is 4.97. The first-order valence-corrected chi connectivity index (χ1v) is 4.65. The standard InChI is InChI=1S/C11H15NO3/c1-12(2)10-5-3-9(4-6-10)7-15-8-11(13)14/h3-6H,7-8H2,1-2H3,(H,13,14). The highest BCUT2D eigenvalue weighted by molar-refractivity contribution is 5.68. The predicted molar refractivity (Wildman–Crippen MR) is 58.1 cm³/mol. The summed E-state index contributed by atoms with van der Waals surface area (Å²) in [5.74, 6) is -0.945. The van der Waals surface area contributed by atoms with Crippen LogP contribution < -0.4 is 4.90 Å². The molecule has 0 saturated carbocycles. The number of carboxylic acid groups (broad SMARTS) is 1. The summed E-state index contributed by atoms with van der Waals surface area (Å²) in [5.41, 5.74) is 2.08. The first-order chi connectivity index (χ1) is 7.09. The molecule has 0 aliphatic rings. The Hall–Kier alpha value is -1.55. The van der Waals surface area contributed by atoms with E-state index in [4.69, 9.17) is 9.84 Å². The van der Waals surface area contributed by atoms with Gasteiger partial charge in [-0.3, -0.25) is 0 Å². The third kappa shape index (κ3) is 3.99. The van der Waals surface area contributed by atoms with Gasteiger partial charge in [-0.05, 0) is 17.7 Å². The van der Waals surface area contributed by atoms with Crippen molar-refractivity contribution < 1.29 is 14.6 Å². The Labute approximate surface area is 89.1 Å². The number of anilines is 1. The molecule has 0 spiro atoms. The molecule has 0 aliphatic carbocycles. The lowest BCUT2D eigenvalue weighted by Gasteiger charge is -2.12. The fourth-order valence-electron chi connectivity index (χ4n) is 1.15. The average molecular weight is 209 g/mol. The van der Waals surface area contributed by atoms with E-state index in [1.165, 1.54) is 0 Å². The van der Waals surface area contributed by atoms with Crippen LogP contribution in [0.25, 0.3) is 0 Å². The van der Waals surface area contributed by atoms with Gasteiger partial charge in [0.05, 0.1) is 6.61 Å². The second-order valence-corrected chi connectivity index (χ2v) is 3.45. The van der Waals surface area contributed by atoms with Crippen molar-refractivity contribution in [1.29, 1.82) is 0 Å². The third-order valence-electron chi connectivity index (χ3n) is 1.95. The van der Waals surface area contributed by atoms with Crippen molar-refractivity contribution in [2.75, 3.05) is 25.6 Å². The summed E-state index contributed by atoms with van der Waals surface area (Å²) in [6.07, 6.45) is 0. The molecular weight excluding hydrogens is 194 g/mol. The van der Waals surface area contributed by atoms with Gasteiger partial charge < -0.3 is 14.7 Å². The van der Waals surface area contributed by atoms with Crippen LogP contribution in [0.3, 0.4) is 0 Å². The molecule has 15 heavy (non-hydrogen) atoms. The second kappa shape index (κ2) is 5.36. The Balaban J connectivity index is 2.46. The molecule has 0 aliphatic heterocycles. The normalized spacial score (nSPS) is 10.0. The highest BCUT2D eigenvalue weighted by atomic mass is 16.5. The van der Waals surface area contributed by atoms with Gasteiger partial charge in [0, 0.05) is 19.8 Å². The molecule has 4 heteroatoms. The molecule has 4 nitrogen and oxygen atoms in total. The Morgan fingerprint density at radius 1 is 1.33 bits per heavy atom. The van der Waals surface area contributed by atoms with E-state index < -0.39 is 5.97 Å². The molecule has 0 atom stereocenters. The predicted octanol–water partition coefficient (Wildman–Crippen LogP) is 1.35. The fraction of sp³-hybridized carbons (Fsp3) is 0.364. The summed E-state index contributed by atoms with van der Waals surface area (Å²) in [5, 5.41) is 8.38. The summed E-state index contributed by atoms with van der Waals surface area (Å²) in [6.45, 7) is 0.0788. The molecule has 1 aromatic carbocycles. The maximum Gasteiger partial charge on any atom is 0.329 e. The Bertz CT molecular complexity index is 319. The van der Waals surface area contributed by atoms with Gasteiger partial charge in [-0.15, -0.1) is 0 Å². The average Bonchev–Trinajstić information content (AvgIpc) is 2.18. The number of nitrogens with zero attached hydrogens (tertiary/aromatic N) is 1. The highest BCUT2D eigenvalue weighted by Crippen LogP contribution is 2.12. The smallest absolute Gasteiger partial charge is 0.329 e. The number of carbonyl (C=O) groups is 1. The lowest BCUT2D eigenvalue weighted by Crippen LogP contribution is -2.09. The molecular formula is C11H15NO3. The molecule has 0 aromatic heterocycles. The summed E-state index contributed by atoms with van der Waals surface area (Å²) in [4.78, 5) is 12.2. The zero-order chi connectivity index (χ0) is 11.3. The Kier molecular flexibility index (Phi) is 4.12. The lowest BCUT2D eigenvalue weighted by atomic mass is 10.2. The molecule has 0 saturated heterocycles. The van der Waals surface area contributed by atoms with Gasteiger partial charge in [0.1, 0.15) is 6.61 Å². The van der Waals surface area contributed by atoms with E-state index in [1.807, 2.05) is 43.3 Å². The minimum absolute atomic E-state index is 0.255. The van der Waals surface area contributed by atoms with E-state index in [9.17, 15) is 4.79 Å². The van der Waals surface area contributed by atoms with E-state index in [-0.39, 0.29) is 6.61 Å². The van der Waals surface area contributed by atoms with Crippen molar-refractivity contribution >= 4 is 11.7 Å². The zero-order valence-corrected chi connectivity index (χ0v) is 8.93. The Morgan fingerprint density at radius 3 is 2.40 bits per heavy atom. The minimum Gasteiger partial charge on any atom is -0.480 e. The molecule has 1 N–H and O–H groups in total. The van der Waals surface area contributed by atoms with Crippen LogP contribution in [0.5, 0.6) is 0 Å². The van der Waals surface area contributed by atoms with Crippen LogP contribution in [0.4, 0.5) is 5.69 Å². The van der Waals surface area contributed by atoms with E-state index in [0.29, 0.717) is 6.61 Å². The van der Waals surface area contributed by atoms with Crippen LogP contribution in [0.2, 0.25) is 0 Å². The van der Waals surface area contributed by atoms with Gasteiger partial charge in [-0.2, -0.15) is 0 Å². The number of ether oxygens (including phenoxy) is 1. The number of hydrogen-bond acceptors (Lipinski definition) is 3. The maximum absolute atomic E-state index is 10.2. The van der Waals surface area contributed by atoms with Crippen molar-refractivity contribution in [3.8, 4) is 0 Å². The lowest BCUT2D eigenvalue weighted by molar-refractivity contribution is -0.142. The van der Waals surface area contributed by atoms with Crippen LogP contribution in [0.1, 0.15) is 5.56 Å². The van der Waals surface area contributed by atoms with Gasteiger partial charge in [0.15, 0.2) is 0 Å². The minimum atomic E-state index is -0.945. The monoisotopic (exact) mass is 209 g/mol. The summed E-state index contributed by atoms with van der Waals surface area (Å²) in [6, 6.07) is 7.80. The van der Waals surface area contributed by atoms with Crippen LogP contribution in [0.15, 0.2) is 24.3 Å². The van der Waals surface area contributed by atoms with Crippen molar-refractivity contribution in [1.82, 2.24) is 0 Å². The summed E-state index contributed by atoms with van der Waals surface area (Å²) >= 11 is 0. The molecule has 1 rings (SSSR count). The van der Waals surface area contributed by atoms with Gasteiger partial charge >= 0.3 is 5.97 Å². The fourth-order valence-corrected chi connectivity index (χ4v) is 1.15. The highest BCUT2D eigenvalue weighted by Gasteiger charge is 1.99. The quantitative estimate of drug-likeness (QED) is 0.795. The maximum atomic E-state index is 10.2. The summed E-state index contributed by atoms with van der Waals surface area (Å²) in [7, 11) is 3.94. The van der Waals surface area contributed by atoms with Gasteiger partial charge in [-0.1, -0.05) is 12.1 Å². The van der Waals surface area contributed by atoms with Crippen LogP contribution in [-0.4, -0.2) is 31.8 Å². The number of aliphatic carboxylic acids is 1. The molecule has 0 radical (unpaired) electrons. The van der Waals surface area contributed by atoms with E-state index in [2.05, 4.69) is 0 Å². The molecule has 1 aromatic rings. The zero-order valence-electron chi connectivity index (χ0n) is 8.93. The number of benzene rings is 1. The largest absolute Gasteiger partial charge is 0.480 e. The van der Waals surface area contributed by atoms with E-state index >= 15 is 0 Å². The first kappa shape index (κ1) is 11.5. The SMILES string of the molecule is CN(C)c1ccc(COCC(=O)O)cc1. The Morgan fingerprint density at radius 2 is 1.93 bits per heavy atom. The van der Waals surface area contributed by atoms with E-state index in [1.54, 1.807) is 0 Å². The first-order valence-electron chi connectivity index (χ1n) is 4.65. The van der Waals surface area contributed by atoms with Crippen molar-refractivity contribution in [2.45, 2.75) is 6.61 Å². The van der Waals surface area contributed by atoms with Crippen molar-refractivity contribution in [3.63, 3.8) is 0 Å². The number of rotatable bonds is 5. The molecule has 0 fully saturated rings. The van der Waals surface area contributed by atoms with Gasteiger partial charge in [0.2, 0.25) is 0 Å². The molecule has 82 valence electrons. The van der Waals surface area contributed by atoms with Crippen molar-refractivity contribution in [2.24, 2.45) is 0 Å². The molecule has 0 amide bonds. The third-order valence-corrected chi connectivity index (χ3v) is 1.95. The van der Waals surface area contributed by atoms with Crippen LogP contribution in [-0.2, 0) is 16.1 Å². The second-order valence-electron chi connectivity index (χ2n) is 3.45. The van der Waals surface area contributed by atoms with Gasteiger partial charge in [0.25, 0.3) is 0 Å². The van der Waals surface area contributed by atoms with E-state index in [0.717, 1.165) is 11.3 Å². The van der Waals surface area contributed by atoms with Gasteiger partial charge in [-0.25, -0.2) is 4.79 Å². The molecule has 0 heterocycles. The van der Waals surface area contributed by atoms with Crippen LogP contribution >= 0.6 is 0 Å². The van der Waals surface area contributed by atoms with Crippen LogP contribution in [0, 0.1) is 0 Å². The van der Waals surface area contributed by atoms with Crippen molar-refractivity contribution in [3.05, 3.63) is 29.8 Å².